The summed E-state index contributed by atoms with van der Waals surface area (Å²) in [6.45, 7) is 10.2. The Morgan fingerprint density at radius 2 is 2.00 bits per heavy atom. The van der Waals surface area contributed by atoms with Gasteiger partial charge in [0.1, 0.15) is 5.75 Å². The summed E-state index contributed by atoms with van der Waals surface area (Å²) in [7, 11) is 0. The number of aryl methyl sites for hydroxylation is 1. The van der Waals surface area contributed by atoms with Gasteiger partial charge in [-0.2, -0.15) is 0 Å². The lowest BCUT2D eigenvalue weighted by Crippen LogP contribution is -2.13. The molecular weight excluding hydrogens is 262 g/mol. The van der Waals surface area contributed by atoms with E-state index in [4.69, 9.17) is 4.74 Å². The van der Waals surface area contributed by atoms with Crippen molar-refractivity contribution in [2.45, 2.75) is 40.2 Å². The number of rotatable bonds is 6. The molecule has 1 aromatic heterocycles. The first kappa shape index (κ1) is 15.4. The number of hydrogen-bond donors (Lipinski definition) is 1. The third-order valence-corrected chi connectivity index (χ3v) is 3.32. The summed E-state index contributed by atoms with van der Waals surface area (Å²) in [5.41, 5.74) is 3.49. The van der Waals surface area contributed by atoms with Crippen molar-refractivity contribution in [3.63, 3.8) is 0 Å². The molecule has 0 atom stereocenters. The van der Waals surface area contributed by atoms with E-state index in [0.717, 1.165) is 24.5 Å². The Kier molecular flexibility index (Phi) is 5.28. The summed E-state index contributed by atoms with van der Waals surface area (Å²) in [6, 6.07) is 6.14. The molecule has 0 aliphatic heterocycles. The maximum absolute atomic E-state index is 5.76. The van der Waals surface area contributed by atoms with Crippen molar-refractivity contribution in [2.75, 3.05) is 6.54 Å². The summed E-state index contributed by atoms with van der Waals surface area (Å²) in [6.07, 6.45) is 3.41. The van der Waals surface area contributed by atoms with E-state index < -0.39 is 0 Å². The molecule has 0 amide bonds. The Hall–Kier alpha value is -1.94. The smallest absolute Gasteiger partial charge is 0.237 e. The third kappa shape index (κ3) is 4.26. The number of nitrogens with zero attached hydrogens (tertiary/aromatic N) is 2. The molecule has 0 spiro atoms. The van der Waals surface area contributed by atoms with Crippen LogP contribution in [0.4, 0.5) is 0 Å². The van der Waals surface area contributed by atoms with E-state index in [1.807, 2.05) is 12.1 Å². The summed E-state index contributed by atoms with van der Waals surface area (Å²) in [4.78, 5) is 8.62. The second-order valence-corrected chi connectivity index (χ2v) is 5.40. The van der Waals surface area contributed by atoms with Crippen LogP contribution >= 0.6 is 0 Å². The van der Waals surface area contributed by atoms with Crippen molar-refractivity contribution in [1.82, 2.24) is 15.3 Å². The van der Waals surface area contributed by atoms with Crippen molar-refractivity contribution < 1.29 is 4.74 Å². The van der Waals surface area contributed by atoms with Crippen molar-refractivity contribution in [1.29, 1.82) is 0 Å². The maximum atomic E-state index is 5.76. The van der Waals surface area contributed by atoms with Crippen LogP contribution in [0.5, 0.6) is 11.6 Å². The Morgan fingerprint density at radius 3 is 2.57 bits per heavy atom. The summed E-state index contributed by atoms with van der Waals surface area (Å²) >= 11 is 0. The highest BCUT2D eigenvalue weighted by Crippen LogP contribution is 2.25. The van der Waals surface area contributed by atoms with E-state index in [0.29, 0.717) is 11.8 Å². The van der Waals surface area contributed by atoms with Gasteiger partial charge in [0.05, 0.1) is 18.1 Å². The number of aromatic nitrogens is 2. The number of ether oxygens (including phenoxy) is 1. The Bertz CT molecular complexity index is 579. The highest BCUT2D eigenvalue weighted by Gasteiger charge is 2.06. The minimum atomic E-state index is 0.518. The monoisotopic (exact) mass is 285 g/mol. The fraction of sp³-hybridized carbons (Fsp3) is 0.412. The molecular formula is C17H23N3O. The van der Waals surface area contributed by atoms with Gasteiger partial charge in [0.25, 0.3) is 0 Å². The molecule has 0 bridgehead atoms. The summed E-state index contributed by atoms with van der Waals surface area (Å²) < 4.78 is 5.76. The molecule has 0 fully saturated rings. The van der Waals surface area contributed by atoms with Crippen LogP contribution in [0.1, 0.15) is 43.5 Å². The fourth-order valence-electron chi connectivity index (χ4n) is 2.22. The van der Waals surface area contributed by atoms with Crippen LogP contribution in [-0.4, -0.2) is 16.5 Å². The number of hydrogen-bond acceptors (Lipinski definition) is 4. The molecule has 4 heteroatoms. The van der Waals surface area contributed by atoms with Gasteiger partial charge in [-0.25, -0.2) is 4.98 Å². The lowest BCUT2D eigenvalue weighted by atomic mass is 9.98. The second-order valence-electron chi connectivity index (χ2n) is 5.40. The largest absolute Gasteiger partial charge is 0.437 e. The Morgan fingerprint density at radius 1 is 1.19 bits per heavy atom. The molecule has 0 aliphatic carbocycles. The molecule has 0 saturated carbocycles. The molecule has 0 unspecified atom stereocenters. The van der Waals surface area contributed by atoms with Gasteiger partial charge in [0, 0.05) is 6.54 Å². The molecule has 1 N–H and O–H groups in total. The zero-order valence-corrected chi connectivity index (χ0v) is 13.2. The lowest BCUT2D eigenvalue weighted by Gasteiger charge is -2.12. The van der Waals surface area contributed by atoms with Crippen LogP contribution in [0.15, 0.2) is 30.6 Å². The second kappa shape index (κ2) is 7.18. The van der Waals surface area contributed by atoms with Gasteiger partial charge in [-0.15, -0.1) is 0 Å². The molecule has 112 valence electrons. The van der Waals surface area contributed by atoms with Gasteiger partial charge in [-0.3, -0.25) is 4.98 Å². The molecule has 21 heavy (non-hydrogen) atoms. The topological polar surface area (TPSA) is 47.0 Å². The Balaban J connectivity index is 2.06. The molecule has 4 nitrogen and oxygen atoms in total. The van der Waals surface area contributed by atoms with E-state index in [-0.39, 0.29) is 0 Å². The highest BCUT2D eigenvalue weighted by atomic mass is 16.5. The Labute approximate surface area is 126 Å². The first-order valence-corrected chi connectivity index (χ1v) is 7.40. The van der Waals surface area contributed by atoms with Gasteiger partial charge in [0.15, 0.2) is 0 Å². The highest BCUT2D eigenvalue weighted by molar-refractivity contribution is 5.37. The van der Waals surface area contributed by atoms with E-state index in [1.54, 1.807) is 12.4 Å². The van der Waals surface area contributed by atoms with Crippen molar-refractivity contribution in [3.05, 3.63) is 47.4 Å². The van der Waals surface area contributed by atoms with Crippen LogP contribution < -0.4 is 10.1 Å². The molecule has 0 aliphatic rings. The zero-order chi connectivity index (χ0) is 15.2. The van der Waals surface area contributed by atoms with Gasteiger partial charge >= 0.3 is 0 Å². The van der Waals surface area contributed by atoms with Gasteiger partial charge in [-0.1, -0.05) is 26.8 Å². The molecule has 0 saturated heterocycles. The SMILES string of the molecule is CCNCc1cnc(Oc2ccc(C(C)C)c(C)c2)cn1. The van der Waals surface area contributed by atoms with Crippen LogP contribution in [0, 0.1) is 6.92 Å². The quantitative estimate of drug-likeness (QED) is 0.876. The molecule has 2 aromatic rings. The normalized spacial score (nSPS) is 10.9. The van der Waals surface area contributed by atoms with Gasteiger partial charge in [0.2, 0.25) is 5.88 Å². The van der Waals surface area contributed by atoms with Crippen molar-refractivity contribution in [3.8, 4) is 11.6 Å². The first-order chi connectivity index (χ1) is 10.1. The molecule has 1 heterocycles. The van der Waals surface area contributed by atoms with Gasteiger partial charge in [-0.05, 0) is 42.6 Å². The summed E-state index contributed by atoms with van der Waals surface area (Å²) in [5.74, 6) is 1.83. The first-order valence-electron chi connectivity index (χ1n) is 7.40. The zero-order valence-electron chi connectivity index (χ0n) is 13.2. The van der Waals surface area contributed by atoms with Crippen molar-refractivity contribution >= 4 is 0 Å². The van der Waals surface area contributed by atoms with E-state index >= 15 is 0 Å². The van der Waals surface area contributed by atoms with E-state index in [1.165, 1.54) is 11.1 Å². The van der Waals surface area contributed by atoms with Gasteiger partial charge < -0.3 is 10.1 Å². The standard InChI is InChI=1S/C17H23N3O/c1-5-18-9-14-10-20-17(11-19-14)21-15-6-7-16(12(2)3)13(4)8-15/h6-8,10-12,18H,5,9H2,1-4H3. The molecule has 1 aromatic carbocycles. The van der Waals surface area contributed by atoms with Crippen LogP contribution in [0.25, 0.3) is 0 Å². The number of nitrogens with one attached hydrogen (secondary N) is 1. The average Bonchev–Trinajstić information content (AvgIpc) is 2.46. The van der Waals surface area contributed by atoms with Crippen LogP contribution in [-0.2, 0) is 6.54 Å². The minimum absolute atomic E-state index is 0.518. The molecule has 0 radical (unpaired) electrons. The average molecular weight is 285 g/mol. The van der Waals surface area contributed by atoms with Crippen LogP contribution in [0.2, 0.25) is 0 Å². The number of benzene rings is 1. The predicted octanol–water partition coefficient (Wildman–Crippen LogP) is 3.81. The third-order valence-electron chi connectivity index (χ3n) is 3.32. The summed E-state index contributed by atoms with van der Waals surface area (Å²) in [5, 5.41) is 3.21. The lowest BCUT2D eigenvalue weighted by molar-refractivity contribution is 0.458. The van der Waals surface area contributed by atoms with Crippen molar-refractivity contribution in [2.24, 2.45) is 0 Å². The minimum Gasteiger partial charge on any atom is -0.437 e. The fourth-order valence-corrected chi connectivity index (χ4v) is 2.22. The predicted molar refractivity (Wildman–Crippen MR) is 84.8 cm³/mol. The molecule has 2 rings (SSSR count). The maximum Gasteiger partial charge on any atom is 0.237 e. The van der Waals surface area contributed by atoms with Crippen LogP contribution in [0.3, 0.4) is 0 Å². The van der Waals surface area contributed by atoms with E-state index in [9.17, 15) is 0 Å². The van der Waals surface area contributed by atoms with E-state index in [2.05, 4.69) is 49.0 Å².